The molecule has 23 heavy (non-hydrogen) atoms. The van der Waals surface area contributed by atoms with Crippen molar-refractivity contribution in [3.05, 3.63) is 30.2 Å². The predicted octanol–water partition coefficient (Wildman–Crippen LogP) is 1.83. The number of ether oxygens (including phenoxy) is 1. The number of aromatic nitrogens is 3. The maximum absolute atomic E-state index is 5.40. The maximum atomic E-state index is 5.40. The summed E-state index contributed by atoms with van der Waals surface area (Å²) in [5.41, 5.74) is 0.573. The molecule has 2 aromatic rings. The van der Waals surface area contributed by atoms with Crippen LogP contribution in [0.1, 0.15) is 26.6 Å². The molecule has 0 saturated heterocycles. The van der Waals surface area contributed by atoms with Crippen LogP contribution in [-0.4, -0.2) is 46.4 Å². The SMILES string of the molecule is CCNC(=NCc1nnc2ccccn12)NCC(C)(C)OC.I. The third-order valence-electron chi connectivity index (χ3n) is 3.34. The van der Waals surface area contributed by atoms with Crippen molar-refractivity contribution in [1.29, 1.82) is 0 Å². The molecule has 0 spiro atoms. The Morgan fingerprint density at radius 3 is 2.78 bits per heavy atom. The summed E-state index contributed by atoms with van der Waals surface area (Å²) in [5.74, 6) is 1.54. The molecule has 0 saturated carbocycles. The Morgan fingerprint density at radius 2 is 2.09 bits per heavy atom. The van der Waals surface area contributed by atoms with Crippen molar-refractivity contribution in [1.82, 2.24) is 25.2 Å². The Kier molecular flexibility index (Phi) is 7.69. The first-order chi connectivity index (χ1) is 10.6. The van der Waals surface area contributed by atoms with Gasteiger partial charge >= 0.3 is 0 Å². The van der Waals surface area contributed by atoms with Gasteiger partial charge in [0.1, 0.15) is 6.54 Å². The molecule has 128 valence electrons. The van der Waals surface area contributed by atoms with E-state index in [1.807, 2.05) is 49.6 Å². The monoisotopic (exact) mass is 432 g/mol. The number of pyridine rings is 1. The Labute approximate surface area is 153 Å². The Balaban J connectivity index is 0.00000264. The molecule has 7 nitrogen and oxygen atoms in total. The Morgan fingerprint density at radius 1 is 1.30 bits per heavy atom. The van der Waals surface area contributed by atoms with Crippen LogP contribution in [0.5, 0.6) is 0 Å². The van der Waals surface area contributed by atoms with Gasteiger partial charge in [-0.1, -0.05) is 6.07 Å². The number of aliphatic imine (C=N–C) groups is 1. The van der Waals surface area contributed by atoms with Crippen LogP contribution in [0.3, 0.4) is 0 Å². The van der Waals surface area contributed by atoms with Crippen molar-refractivity contribution < 1.29 is 4.74 Å². The first kappa shape index (κ1) is 19.6. The minimum Gasteiger partial charge on any atom is -0.377 e. The number of nitrogens with zero attached hydrogens (tertiary/aromatic N) is 4. The molecular weight excluding hydrogens is 407 g/mol. The summed E-state index contributed by atoms with van der Waals surface area (Å²) >= 11 is 0. The second-order valence-electron chi connectivity index (χ2n) is 5.56. The number of nitrogens with one attached hydrogen (secondary N) is 2. The third-order valence-corrected chi connectivity index (χ3v) is 3.34. The molecule has 2 N–H and O–H groups in total. The van der Waals surface area contributed by atoms with Crippen LogP contribution in [0.15, 0.2) is 29.4 Å². The van der Waals surface area contributed by atoms with E-state index < -0.39 is 0 Å². The van der Waals surface area contributed by atoms with Crippen LogP contribution in [0, 0.1) is 0 Å². The second kappa shape index (κ2) is 9.02. The summed E-state index contributed by atoms with van der Waals surface area (Å²) < 4.78 is 7.34. The topological polar surface area (TPSA) is 75.8 Å². The number of halogens is 1. The van der Waals surface area contributed by atoms with Crippen molar-refractivity contribution in [2.45, 2.75) is 32.9 Å². The molecule has 0 aliphatic carbocycles. The van der Waals surface area contributed by atoms with Gasteiger partial charge in [-0.15, -0.1) is 34.2 Å². The molecule has 0 amide bonds. The van der Waals surface area contributed by atoms with Gasteiger partial charge in [0.2, 0.25) is 0 Å². The summed E-state index contributed by atoms with van der Waals surface area (Å²) in [4.78, 5) is 4.56. The number of methoxy groups -OCH3 is 1. The molecule has 0 bridgehead atoms. The van der Waals surface area contributed by atoms with Gasteiger partial charge in [0, 0.05) is 26.4 Å². The van der Waals surface area contributed by atoms with E-state index in [0.29, 0.717) is 13.1 Å². The van der Waals surface area contributed by atoms with Gasteiger partial charge in [-0.25, -0.2) is 4.99 Å². The Hall–Kier alpha value is -1.42. The summed E-state index contributed by atoms with van der Waals surface area (Å²) in [7, 11) is 1.70. The molecule has 2 heterocycles. The summed E-state index contributed by atoms with van der Waals surface area (Å²) in [6, 6.07) is 5.81. The number of hydrogen-bond acceptors (Lipinski definition) is 4. The molecule has 0 atom stereocenters. The van der Waals surface area contributed by atoms with Gasteiger partial charge in [-0.3, -0.25) is 4.40 Å². The standard InChI is InChI=1S/C15H24N6O.HI/c1-5-16-14(18-11-15(2,3)22-4)17-10-13-20-19-12-8-6-7-9-21(12)13;/h6-9H,5,10-11H2,1-4H3,(H2,16,17,18);1H. The lowest BCUT2D eigenvalue weighted by Crippen LogP contribution is -2.45. The highest BCUT2D eigenvalue weighted by Crippen LogP contribution is 2.05. The molecule has 0 fully saturated rings. The molecule has 8 heteroatoms. The smallest absolute Gasteiger partial charge is 0.191 e. The molecular formula is C15H25IN6O. The largest absolute Gasteiger partial charge is 0.377 e. The average molecular weight is 432 g/mol. The van der Waals surface area contributed by atoms with Gasteiger partial charge < -0.3 is 15.4 Å². The van der Waals surface area contributed by atoms with Crippen molar-refractivity contribution >= 4 is 35.6 Å². The van der Waals surface area contributed by atoms with Crippen LogP contribution in [0.4, 0.5) is 0 Å². The van der Waals surface area contributed by atoms with E-state index in [0.717, 1.165) is 24.0 Å². The molecule has 0 aliphatic heterocycles. The minimum absolute atomic E-state index is 0. The normalized spacial score (nSPS) is 12.1. The molecule has 0 aromatic carbocycles. The van der Waals surface area contributed by atoms with Crippen molar-refractivity contribution in [3.8, 4) is 0 Å². The lowest BCUT2D eigenvalue weighted by atomic mass is 10.1. The first-order valence-corrected chi connectivity index (χ1v) is 7.41. The molecule has 2 rings (SSSR count). The van der Waals surface area contributed by atoms with Crippen molar-refractivity contribution in [3.63, 3.8) is 0 Å². The molecule has 0 radical (unpaired) electrons. The van der Waals surface area contributed by atoms with Gasteiger partial charge in [0.25, 0.3) is 0 Å². The highest BCUT2D eigenvalue weighted by molar-refractivity contribution is 14.0. The Bertz CT molecular complexity index is 640. The number of hydrogen-bond donors (Lipinski definition) is 2. The zero-order valence-corrected chi connectivity index (χ0v) is 16.4. The molecule has 2 aromatic heterocycles. The van der Waals surface area contributed by atoms with E-state index in [-0.39, 0.29) is 29.6 Å². The number of guanidine groups is 1. The van der Waals surface area contributed by atoms with Crippen molar-refractivity contribution in [2.75, 3.05) is 20.2 Å². The van der Waals surface area contributed by atoms with E-state index in [2.05, 4.69) is 25.8 Å². The van der Waals surface area contributed by atoms with Gasteiger partial charge in [0.15, 0.2) is 17.4 Å². The van der Waals surface area contributed by atoms with Gasteiger partial charge in [-0.2, -0.15) is 0 Å². The zero-order valence-electron chi connectivity index (χ0n) is 14.0. The van der Waals surface area contributed by atoms with Crippen LogP contribution in [0.25, 0.3) is 5.65 Å². The number of fused-ring (bicyclic) bond motifs is 1. The van der Waals surface area contributed by atoms with Gasteiger partial charge in [0.05, 0.1) is 5.60 Å². The van der Waals surface area contributed by atoms with Crippen LogP contribution >= 0.6 is 24.0 Å². The minimum atomic E-state index is -0.252. The highest BCUT2D eigenvalue weighted by Gasteiger charge is 2.16. The first-order valence-electron chi connectivity index (χ1n) is 7.41. The predicted molar refractivity (Wildman–Crippen MR) is 102 cm³/mol. The van der Waals surface area contributed by atoms with Gasteiger partial charge in [-0.05, 0) is 32.9 Å². The van der Waals surface area contributed by atoms with Crippen LogP contribution in [-0.2, 0) is 11.3 Å². The molecule has 0 unspecified atom stereocenters. The fraction of sp³-hybridized carbons (Fsp3) is 0.533. The summed E-state index contributed by atoms with van der Waals surface area (Å²) in [5, 5.41) is 14.8. The zero-order chi connectivity index (χ0) is 16.0. The lowest BCUT2D eigenvalue weighted by molar-refractivity contribution is 0.0268. The molecule has 0 aliphatic rings. The van der Waals surface area contributed by atoms with Crippen LogP contribution < -0.4 is 10.6 Å². The van der Waals surface area contributed by atoms with E-state index in [9.17, 15) is 0 Å². The van der Waals surface area contributed by atoms with E-state index in [1.165, 1.54) is 0 Å². The summed E-state index contributed by atoms with van der Waals surface area (Å²) in [6.07, 6.45) is 1.94. The highest BCUT2D eigenvalue weighted by atomic mass is 127. The van der Waals surface area contributed by atoms with E-state index in [4.69, 9.17) is 4.74 Å². The van der Waals surface area contributed by atoms with Crippen LogP contribution in [0.2, 0.25) is 0 Å². The average Bonchev–Trinajstić information content (AvgIpc) is 2.93. The van der Waals surface area contributed by atoms with Crippen molar-refractivity contribution in [2.24, 2.45) is 4.99 Å². The van der Waals surface area contributed by atoms with E-state index >= 15 is 0 Å². The summed E-state index contributed by atoms with van der Waals surface area (Å²) in [6.45, 7) is 7.99. The number of rotatable bonds is 6. The van der Waals surface area contributed by atoms with E-state index in [1.54, 1.807) is 7.11 Å². The fourth-order valence-electron chi connectivity index (χ4n) is 1.86. The maximum Gasteiger partial charge on any atom is 0.191 e. The quantitative estimate of drug-likeness (QED) is 0.414. The third kappa shape index (κ3) is 5.61. The lowest BCUT2D eigenvalue weighted by Gasteiger charge is -2.24. The second-order valence-corrected chi connectivity index (χ2v) is 5.56. The fourth-order valence-corrected chi connectivity index (χ4v) is 1.86.